The minimum absolute atomic E-state index is 0.115. The molecule has 1 atom stereocenters. The number of nitrogens with zero attached hydrogens (tertiary/aromatic N) is 1. The van der Waals surface area contributed by atoms with Gasteiger partial charge >= 0.3 is 0 Å². The molecule has 1 aliphatic rings. The molecule has 1 aliphatic heterocycles. The fourth-order valence-corrected chi connectivity index (χ4v) is 4.79. The molecule has 5 rings (SSSR count). The van der Waals surface area contributed by atoms with Crippen LogP contribution in [0.15, 0.2) is 69.9 Å². The van der Waals surface area contributed by atoms with Gasteiger partial charge in [0.05, 0.1) is 17.0 Å². The fourth-order valence-electron chi connectivity index (χ4n) is 4.59. The standard InChI is InChI=1S/C27H22ClNO3/c1-15-7-9-18(10-8-15)14-29-24(19-5-4-6-20(28)13-19)23-25(30)22-17(3)11-16(2)12-21(22)32-26(23)27(29)31/h4-13,24H,14H2,1-3H3. The van der Waals surface area contributed by atoms with E-state index in [-0.39, 0.29) is 17.1 Å². The van der Waals surface area contributed by atoms with Gasteiger partial charge in [-0.05, 0) is 61.2 Å². The van der Waals surface area contributed by atoms with Crippen LogP contribution in [-0.4, -0.2) is 10.8 Å². The second-order valence-electron chi connectivity index (χ2n) is 8.51. The quantitative estimate of drug-likeness (QED) is 0.383. The summed E-state index contributed by atoms with van der Waals surface area (Å²) in [7, 11) is 0. The summed E-state index contributed by atoms with van der Waals surface area (Å²) in [6.07, 6.45) is 0. The van der Waals surface area contributed by atoms with Crippen LogP contribution in [0.1, 0.15) is 50.0 Å². The molecular weight excluding hydrogens is 422 g/mol. The van der Waals surface area contributed by atoms with Gasteiger partial charge in [-0.2, -0.15) is 0 Å². The molecule has 0 saturated carbocycles. The van der Waals surface area contributed by atoms with E-state index in [0.29, 0.717) is 28.1 Å². The lowest BCUT2D eigenvalue weighted by Crippen LogP contribution is -2.29. The molecule has 1 unspecified atom stereocenters. The maximum absolute atomic E-state index is 13.7. The van der Waals surface area contributed by atoms with Crippen molar-refractivity contribution in [1.82, 2.24) is 4.90 Å². The lowest BCUT2D eigenvalue weighted by Gasteiger charge is -2.25. The maximum atomic E-state index is 13.7. The summed E-state index contributed by atoms with van der Waals surface area (Å²) in [5.41, 5.74) is 5.39. The van der Waals surface area contributed by atoms with E-state index in [1.807, 2.05) is 75.4 Å². The van der Waals surface area contributed by atoms with E-state index in [9.17, 15) is 9.59 Å². The van der Waals surface area contributed by atoms with Crippen molar-refractivity contribution in [3.05, 3.63) is 115 Å². The van der Waals surface area contributed by atoms with Crippen LogP contribution in [-0.2, 0) is 6.54 Å². The van der Waals surface area contributed by atoms with Gasteiger partial charge in [0.1, 0.15) is 5.58 Å². The lowest BCUT2D eigenvalue weighted by molar-refractivity contribution is 0.0714. The summed E-state index contributed by atoms with van der Waals surface area (Å²) in [5.74, 6) is -0.173. The van der Waals surface area contributed by atoms with Gasteiger partial charge in [-0.1, -0.05) is 59.6 Å². The molecule has 4 nitrogen and oxygen atoms in total. The van der Waals surface area contributed by atoms with Gasteiger partial charge < -0.3 is 9.32 Å². The number of fused-ring (bicyclic) bond motifs is 2. The van der Waals surface area contributed by atoms with Crippen LogP contribution in [0.25, 0.3) is 11.0 Å². The molecule has 0 radical (unpaired) electrons. The largest absolute Gasteiger partial charge is 0.450 e. The Balaban J connectivity index is 1.75. The molecule has 160 valence electrons. The highest BCUT2D eigenvalue weighted by molar-refractivity contribution is 6.30. The highest BCUT2D eigenvalue weighted by atomic mass is 35.5. The first-order valence-corrected chi connectivity index (χ1v) is 10.9. The van der Waals surface area contributed by atoms with Crippen LogP contribution < -0.4 is 5.43 Å². The predicted molar refractivity (Wildman–Crippen MR) is 126 cm³/mol. The maximum Gasteiger partial charge on any atom is 0.291 e. The number of hydrogen-bond donors (Lipinski definition) is 0. The molecule has 2 heterocycles. The lowest BCUT2D eigenvalue weighted by atomic mass is 9.96. The molecule has 3 aromatic carbocycles. The Morgan fingerprint density at radius 2 is 1.69 bits per heavy atom. The zero-order valence-corrected chi connectivity index (χ0v) is 18.9. The molecular formula is C27H22ClNO3. The number of halogens is 1. The van der Waals surface area contributed by atoms with Gasteiger partial charge in [-0.3, -0.25) is 9.59 Å². The molecule has 0 N–H and O–H groups in total. The van der Waals surface area contributed by atoms with E-state index in [1.165, 1.54) is 0 Å². The summed E-state index contributed by atoms with van der Waals surface area (Å²) in [6, 6.07) is 18.6. The number of hydrogen-bond acceptors (Lipinski definition) is 3. The predicted octanol–water partition coefficient (Wildman–Crippen LogP) is 6.12. The summed E-state index contributed by atoms with van der Waals surface area (Å²) in [4.78, 5) is 29.0. The smallest absolute Gasteiger partial charge is 0.291 e. The van der Waals surface area contributed by atoms with Crippen molar-refractivity contribution >= 4 is 28.5 Å². The summed E-state index contributed by atoms with van der Waals surface area (Å²) in [6.45, 7) is 6.22. The first-order valence-electron chi connectivity index (χ1n) is 10.5. The second-order valence-corrected chi connectivity index (χ2v) is 8.94. The fraction of sp³-hybridized carbons (Fsp3) is 0.185. The van der Waals surface area contributed by atoms with Crippen LogP contribution in [0.5, 0.6) is 0 Å². The van der Waals surface area contributed by atoms with Gasteiger partial charge in [0.15, 0.2) is 5.43 Å². The Morgan fingerprint density at radius 1 is 0.938 bits per heavy atom. The Bertz CT molecular complexity index is 1440. The van der Waals surface area contributed by atoms with E-state index in [1.54, 1.807) is 11.0 Å². The highest BCUT2D eigenvalue weighted by Gasteiger charge is 2.42. The summed E-state index contributed by atoms with van der Waals surface area (Å²) < 4.78 is 6.10. The molecule has 5 heteroatoms. The van der Waals surface area contributed by atoms with Crippen molar-refractivity contribution < 1.29 is 9.21 Å². The minimum Gasteiger partial charge on any atom is -0.450 e. The molecule has 0 fully saturated rings. The van der Waals surface area contributed by atoms with Crippen LogP contribution in [0.3, 0.4) is 0 Å². The number of rotatable bonds is 3. The summed E-state index contributed by atoms with van der Waals surface area (Å²) in [5, 5.41) is 1.07. The average Bonchev–Trinajstić information content (AvgIpc) is 3.01. The number of carbonyl (C=O) groups is 1. The van der Waals surface area contributed by atoms with Crippen LogP contribution in [0.2, 0.25) is 5.02 Å². The SMILES string of the molecule is Cc1ccc(CN2C(=O)c3oc4cc(C)cc(C)c4c(=O)c3C2c2cccc(Cl)c2)cc1. The molecule has 0 aliphatic carbocycles. The molecule has 1 aromatic heterocycles. The van der Waals surface area contributed by atoms with Crippen molar-refractivity contribution in [1.29, 1.82) is 0 Å². The van der Waals surface area contributed by atoms with Gasteiger partial charge in [-0.15, -0.1) is 0 Å². The van der Waals surface area contributed by atoms with Crippen molar-refractivity contribution in [3.63, 3.8) is 0 Å². The number of aryl methyl sites for hydroxylation is 3. The molecule has 0 saturated heterocycles. The third kappa shape index (κ3) is 3.32. The van der Waals surface area contributed by atoms with Gasteiger partial charge in [0.2, 0.25) is 5.76 Å². The molecule has 4 aromatic rings. The van der Waals surface area contributed by atoms with Crippen LogP contribution >= 0.6 is 11.6 Å². The van der Waals surface area contributed by atoms with Crippen LogP contribution in [0.4, 0.5) is 0 Å². The number of amides is 1. The van der Waals surface area contributed by atoms with Crippen LogP contribution in [0, 0.1) is 20.8 Å². The normalized spacial score (nSPS) is 15.4. The molecule has 32 heavy (non-hydrogen) atoms. The van der Waals surface area contributed by atoms with Crippen molar-refractivity contribution in [2.24, 2.45) is 0 Å². The van der Waals surface area contributed by atoms with E-state index in [2.05, 4.69) is 0 Å². The van der Waals surface area contributed by atoms with E-state index < -0.39 is 6.04 Å². The van der Waals surface area contributed by atoms with Crippen molar-refractivity contribution in [3.8, 4) is 0 Å². The Hall–Kier alpha value is -3.37. The van der Waals surface area contributed by atoms with Crippen molar-refractivity contribution in [2.45, 2.75) is 33.4 Å². The number of benzene rings is 3. The monoisotopic (exact) mass is 443 g/mol. The molecule has 0 bridgehead atoms. The van der Waals surface area contributed by atoms with E-state index >= 15 is 0 Å². The Morgan fingerprint density at radius 3 is 2.41 bits per heavy atom. The first-order chi connectivity index (χ1) is 15.3. The zero-order valence-electron chi connectivity index (χ0n) is 18.1. The molecule has 1 amide bonds. The Kier molecular flexibility index (Phi) is 4.90. The van der Waals surface area contributed by atoms with Gasteiger partial charge in [0, 0.05) is 11.6 Å². The average molecular weight is 444 g/mol. The molecule has 0 spiro atoms. The minimum atomic E-state index is -0.571. The third-order valence-corrected chi connectivity index (χ3v) is 6.29. The van der Waals surface area contributed by atoms with Gasteiger partial charge in [0.25, 0.3) is 5.91 Å². The Labute approximate surface area is 191 Å². The topological polar surface area (TPSA) is 50.5 Å². The highest BCUT2D eigenvalue weighted by Crippen LogP contribution is 2.40. The van der Waals surface area contributed by atoms with Gasteiger partial charge in [-0.25, -0.2) is 0 Å². The second kappa shape index (κ2) is 7.64. The zero-order chi connectivity index (χ0) is 22.6. The number of carbonyl (C=O) groups excluding carboxylic acids is 1. The van der Waals surface area contributed by atoms with E-state index in [4.69, 9.17) is 16.0 Å². The van der Waals surface area contributed by atoms with E-state index in [0.717, 1.165) is 27.8 Å². The van der Waals surface area contributed by atoms with Crippen molar-refractivity contribution in [2.75, 3.05) is 0 Å². The third-order valence-electron chi connectivity index (χ3n) is 6.05. The first kappa shape index (κ1) is 20.5. The summed E-state index contributed by atoms with van der Waals surface area (Å²) >= 11 is 6.28.